The average Bonchev–Trinajstić information content (AvgIpc) is 2.22. The normalized spacial score (nSPS) is 19.4. The van der Waals surface area contributed by atoms with Crippen molar-refractivity contribution >= 4 is 6.09 Å². The van der Waals surface area contributed by atoms with Crippen molar-refractivity contribution in [3.8, 4) is 0 Å². The highest BCUT2D eigenvalue weighted by atomic mass is 16.6. The van der Waals surface area contributed by atoms with Crippen LogP contribution in [0.25, 0.3) is 0 Å². The summed E-state index contributed by atoms with van der Waals surface area (Å²) in [4.78, 5) is 12.0. The highest BCUT2D eigenvalue weighted by Gasteiger charge is 2.39. The number of hydrogen-bond acceptors (Lipinski definition) is 3. The van der Waals surface area contributed by atoms with E-state index in [1.165, 1.54) is 6.42 Å². The molecule has 1 aliphatic carbocycles. The second-order valence-corrected chi connectivity index (χ2v) is 7.40. The van der Waals surface area contributed by atoms with Gasteiger partial charge in [-0.15, -0.1) is 0 Å². The molecule has 1 fully saturated rings. The van der Waals surface area contributed by atoms with Crippen LogP contribution in [0.15, 0.2) is 0 Å². The van der Waals surface area contributed by atoms with Gasteiger partial charge in [0, 0.05) is 12.6 Å². The summed E-state index contributed by atoms with van der Waals surface area (Å²) in [6, 6.07) is 0.507. The van der Waals surface area contributed by atoms with E-state index in [2.05, 4.69) is 31.4 Å². The molecule has 0 saturated heterocycles. The maximum atomic E-state index is 12.0. The van der Waals surface area contributed by atoms with Crippen molar-refractivity contribution in [3.05, 3.63) is 0 Å². The number of ether oxygens (including phenoxy) is 1. The molecule has 1 amide bonds. The molecule has 118 valence electrons. The lowest BCUT2D eigenvalue weighted by Gasteiger charge is -2.44. The van der Waals surface area contributed by atoms with Gasteiger partial charge < -0.3 is 15.4 Å². The molecule has 4 heteroatoms. The van der Waals surface area contributed by atoms with Gasteiger partial charge in [-0.05, 0) is 52.4 Å². The Balaban J connectivity index is 2.49. The van der Waals surface area contributed by atoms with Crippen LogP contribution in [0.5, 0.6) is 0 Å². The first-order chi connectivity index (χ1) is 9.17. The van der Waals surface area contributed by atoms with Gasteiger partial charge in [0.15, 0.2) is 0 Å². The van der Waals surface area contributed by atoms with Gasteiger partial charge in [0.05, 0.1) is 5.54 Å². The Kier molecular flexibility index (Phi) is 5.87. The molecule has 1 saturated carbocycles. The van der Waals surface area contributed by atoms with Crippen LogP contribution < -0.4 is 10.6 Å². The summed E-state index contributed by atoms with van der Waals surface area (Å²) in [5, 5.41) is 6.69. The van der Waals surface area contributed by atoms with E-state index in [4.69, 9.17) is 4.74 Å². The third kappa shape index (κ3) is 5.31. The molecule has 0 bridgehead atoms. The number of carbonyl (C=O) groups is 1. The molecule has 0 heterocycles. The standard InChI is InChI=1S/C16H32N2O2/c1-7-13(12(2)3)17-11-16(9-8-10-16)18-14(19)20-15(4,5)6/h12-13,17H,7-11H2,1-6H3,(H,18,19). The first kappa shape index (κ1) is 17.3. The molecule has 0 spiro atoms. The fourth-order valence-corrected chi connectivity index (χ4v) is 2.65. The summed E-state index contributed by atoms with van der Waals surface area (Å²) < 4.78 is 5.37. The van der Waals surface area contributed by atoms with Gasteiger partial charge in [0.2, 0.25) is 0 Å². The third-order valence-corrected chi connectivity index (χ3v) is 4.02. The first-order valence-corrected chi connectivity index (χ1v) is 7.92. The van der Waals surface area contributed by atoms with Crippen LogP contribution in [0.1, 0.15) is 67.2 Å². The van der Waals surface area contributed by atoms with E-state index in [0.717, 1.165) is 25.8 Å². The largest absolute Gasteiger partial charge is 0.444 e. The highest BCUT2D eigenvalue weighted by molar-refractivity contribution is 5.69. The lowest BCUT2D eigenvalue weighted by molar-refractivity contribution is 0.0376. The van der Waals surface area contributed by atoms with E-state index in [1.54, 1.807) is 0 Å². The van der Waals surface area contributed by atoms with E-state index < -0.39 is 5.60 Å². The van der Waals surface area contributed by atoms with Crippen LogP contribution in [-0.2, 0) is 4.74 Å². The van der Waals surface area contributed by atoms with E-state index in [1.807, 2.05) is 20.8 Å². The van der Waals surface area contributed by atoms with Gasteiger partial charge in [0.1, 0.15) is 5.60 Å². The van der Waals surface area contributed by atoms with Crippen LogP contribution in [-0.4, -0.2) is 29.8 Å². The van der Waals surface area contributed by atoms with Crippen molar-refractivity contribution in [1.82, 2.24) is 10.6 Å². The number of rotatable bonds is 6. The molecule has 0 aromatic heterocycles. The van der Waals surface area contributed by atoms with Crippen molar-refractivity contribution in [1.29, 1.82) is 0 Å². The Labute approximate surface area is 124 Å². The molecule has 0 radical (unpaired) electrons. The predicted octanol–water partition coefficient (Wildman–Crippen LogP) is 3.46. The molecule has 0 aromatic rings. The van der Waals surface area contributed by atoms with Gasteiger partial charge in [-0.3, -0.25) is 0 Å². The lowest BCUT2D eigenvalue weighted by Crippen LogP contribution is -2.61. The molecule has 1 atom stereocenters. The van der Waals surface area contributed by atoms with E-state index >= 15 is 0 Å². The molecule has 1 aliphatic rings. The van der Waals surface area contributed by atoms with Crippen LogP contribution in [0.4, 0.5) is 4.79 Å². The molecule has 4 nitrogen and oxygen atoms in total. The molecule has 0 aromatic carbocycles. The van der Waals surface area contributed by atoms with Crippen molar-refractivity contribution in [2.24, 2.45) is 5.92 Å². The summed E-state index contributed by atoms with van der Waals surface area (Å²) in [5.41, 5.74) is -0.545. The third-order valence-electron chi connectivity index (χ3n) is 4.02. The Morgan fingerprint density at radius 3 is 2.25 bits per heavy atom. The Morgan fingerprint density at radius 1 is 1.30 bits per heavy atom. The lowest BCUT2D eigenvalue weighted by atomic mass is 9.76. The Morgan fingerprint density at radius 2 is 1.90 bits per heavy atom. The van der Waals surface area contributed by atoms with E-state index in [-0.39, 0.29) is 11.6 Å². The van der Waals surface area contributed by atoms with Gasteiger partial charge in [-0.1, -0.05) is 20.8 Å². The van der Waals surface area contributed by atoms with E-state index in [9.17, 15) is 4.79 Å². The summed E-state index contributed by atoms with van der Waals surface area (Å²) in [6.45, 7) is 13.2. The quantitative estimate of drug-likeness (QED) is 0.785. The number of alkyl carbamates (subject to hydrolysis) is 1. The summed E-state index contributed by atoms with van der Waals surface area (Å²) >= 11 is 0. The van der Waals surface area contributed by atoms with Gasteiger partial charge in [-0.25, -0.2) is 4.79 Å². The SMILES string of the molecule is CCC(NCC1(NC(=O)OC(C)(C)C)CCC1)C(C)C. The molecule has 2 N–H and O–H groups in total. The maximum Gasteiger partial charge on any atom is 0.408 e. The molecule has 1 unspecified atom stereocenters. The van der Waals surface area contributed by atoms with Crippen LogP contribution >= 0.6 is 0 Å². The molecular formula is C16H32N2O2. The molecule has 1 rings (SSSR count). The van der Waals surface area contributed by atoms with Crippen LogP contribution in [0.3, 0.4) is 0 Å². The summed E-state index contributed by atoms with van der Waals surface area (Å²) in [7, 11) is 0. The minimum Gasteiger partial charge on any atom is -0.444 e. The molecule has 20 heavy (non-hydrogen) atoms. The minimum atomic E-state index is -0.438. The monoisotopic (exact) mass is 284 g/mol. The van der Waals surface area contributed by atoms with Crippen molar-refractivity contribution in [2.45, 2.75) is 84.4 Å². The van der Waals surface area contributed by atoms with Crippen molar-refractivity contribution in [2.75, 3.05) is 6.54 Å². The average molecular weight is 284 g/mol. The second kappa shape index (κ2) is 6.79. The molecule has 0 aliphatic heterocycles. The minimum absolute atomic E-state index is 0.107. The van der Waals surface area contributed by atoms with Crippen LogP contribution in [0.2, 0.25) is 0 Å². The summed E-state index contributed by atoms with van der Waals surface area (Å²) in [6.07, 6.45) is 4.06. The van der Waals surface area contributed by atoms with Gasteiger partial charge in [-0.2, -0.15) is 0 Å². The second-order valence-electron chi connectivity index (χ2n) is 7.40. The molecular weight excluding hydrogens is 252 g/mol. The fraction of sp³-hybridized carbons (Fsp3) is 0.938. The number of amides is 1. The topological polar surface area (TPSA) is 50.4 Å². The van der Waals surface area contributed by atoms with Gasteiger partial charge in [0.25, 0.3) is 0 Å². The number of nitrogens with one attached hydrogen (secondary N) is 2. The summed E-state index contributed by atoms with van der Waals surface area (Å²) in [5.74, 6) is 0.610. The van der Waals surface area contributed by atoms with Gasteiger partial charge >= 0.3 is 6.09 Å². The predicted molar refractivity (Wildman–Crippen MR) is 82.9 cm³/mol. The first-order valence-electron chi connectivity index (χ1n) is 7.92. The van der Waals surface area contributed by atoms with Crippen molar-refractivity contribution in [3.63, 3.8) is 0 Å². The zero-order chi connectivity index (χ0) is 15.4. The Bertz CT molecular complexity index is 317. The maximum absolute atomic E-state index is 12.0. The fourth-order valence-electron chi connectivity index (χ4n) is 2.65. The van der Waals surface area contributed by atoms with E-state index in [0.29, 0.717) is 12.0 Å². The highest BCUT2D eigenvalue weighted by Crippen LogP contribution is 2.32. The zero-order valence-electron chi connectivity index (χ0n) is 14.0. The smallest absolute Gasteiger partial charge is 0.408 e. The number of carbonyl (C=O) groups excluding carboxylic acids is 1. The Hall–Kier alpha value is -0.770. The van der Waals surface area contributed by atoms with Crippen LogP contribution in [0, 0.1) is 5.92 Å². The zero-order valence-corrected chi connectivity index (χ0v) is 14.0. The van der Waals surface area contributed by atoms with Crippen molar-refractivity contribution < 1.29 is 9.53 Å². The number of hydrogen-bond donors (Lipinski definition) is 2.